The summed E-state index contributed by atoms with van der Waals surface area (Å²) in [5.41, 5.74) is 16.8. The molecule has 282 valence electrons. The van der Waals surface area contributed by atoms with E-state index in [9.17, 15) is 0 Å². The van der Waals surface area contributed by atoms with Crippen molar-refractivity contribution in [2.24, 2.45) is 0 Å². The molecule has 0 amide bonds. The Kier molecular flexibility index (Phi) is 8.87. The highest BCUT2D eigenvalue weighted by Gasteiger charge is 2.20. The van der Waals surface area contributed by atoms with Crippen LogP contribution in [-0.4, -0.2) is 0 Å². The Labute approximate surface area is 349 Å². The Hall–Kier alpha value is -7.94. The summed E-state index contributed by atoms with van der Waals surface area (Å²) in [6.07, 6.45) is 0. The van der Waals surface area contributed by atoms with Crippen LogP contribution in [0.1, 0.15) is 0 Å². The summed E-state index contributed by atoms with van der Waals surface area (Å²) in [6.45, 7) is 0. The predicted molar refractivity (Wildman–Crippen MR) is 253 cm³/mol. The maximum Gasteiger partial charge on any atom is 0.137 e. The third-order valence-electron chi connectivity index (χ3n) is 11.7. The van der Waals surface area contributed by atoms with E-state index in [-0.39, 0.29) is 0 Å². The van der Waals surface area contributed by atoms with E-state index in [0.717, 1.165) is 50.1 Å². The van der Waals surface area contributed by atoms with Gasteiger partial charge in [0, 0.05) is 33.8 Å². The predicted octanol–water partition coefficient (Wildman–Crippen LogP) is 16.5. The minimum Gasteiger partial charge on any atom is -0.456 e. The fourth-order valence-corrected chi connectivity index (χ4v) is 8.67. The summed E-state index contributed by atoms with van der Waals surface area (Å²) in [5, 5.41) is 4.74. The van der Waals surface area contributed by atoms with Crippen LogP contribution in [0.15, 0.2) is 241 Å². The van der Waals surface area contributed by atoms with Gasteiger partial charge >= 0.3 is 0 Å². The summed E-state index contributed by atoms with van der Waals surface area (Å²) in [7, 11) is 0. The van der Waals surface area contributed by atoms with Gasteiger partial charge in [0.15, 0.2) is 0 Å². The first-order valence-corrected chi connectivity index (χ1v) is 20.5. The number of rotatable bonds is 8. The van der Waals surface area contributed by atoms with Gasteiger partial charge < -0.3 is 9.32 Å². The smallest absolute Gasteiger partial charge is 0.137 e. The molecule has 11 rings (SSSR count). The monoisotopic (exact) mass is 765 g/mol. The summed E-state index contributed by atoms with van der Waals surface area (Å²) in [4.78, 5) is 2.36. The van der Waals surface area contributed by atoms with Crippen LogP contribution < -0.4 is 4.90 Å². The Balaban J connectivity index is 0.964. The van der Waals surface area contributed by atoms with Crippen LogP contribution in [0.5, 0.6) is 0 Å². The van der Waals surface area contributed by atoms with E-state index in [1.165, 1.54) is 55.3 Å². The Morgan fingerprint density at radius 1 is 0.267 bits per heavy atom. The van der Waals surface area contributed by atoms with Gasteiger partial charge in [0.05, 0.1) is 5.69 Å². The lowest BCUT2D eigenvalue weighted by molar-refractivity contribution is 0.669. The first-order chi connectivity index (χ1) is 29.7. The third-order valence-corrected chi connectivity index (χ3v) is 11.7. The molecule has 10 aromatic carbocycles. The van der Waals surface area contributed by atoms with Crippen molar-refractivity contribution in [1.29, 1.82) is 0 Å². The van der Waals surface area contributed by atoms with Gasteiger partial charge in [-0.25, -0.2) is 0 Å². The zero-order valence-electron chi connectivity index (χ0n) is 32.9. The molecule has 0 fully saturated rings. The molecule has 0 atom stereocenters. The van der Waals surface area contributed by atoms with E-state index in [2.05, 4.69) is 229 Å². The van der Waals surface area contributed by atoms with Crippen molar-refractivity contribution in [3.8, 4) is 55.6 Å². The minimum atomic E-state index is 0.861. The van der Waals surface area contributed by atoms with Crippen molar-refractivity contribution >= 4 is 49.8 Å². The lowest BCUT2D eigenvalue weighted by Crippen LogP contribution is -2.11. The van der Waals surface area contributed by atoms with Crippen molar-refractivity contribution in [3.05, 3.63) is 237 Å². The van der Waals surface area contributed by atoms with Crippen molar-refractivity contribution in [3.63, 3.8) is 0 Å². The van der Waals surface area contributed by atoms with Gasteiger partial charge in [-0.2, -0.15) is 0 Å². The van der Waals surface area contributed by atoms with E-state index in [0.29, 0.717) is 0 Å². The average Bonchev–Trinajstić information content (AvgIpc) is 3.70. The second-order valence-electron chi connectivity index (χ2n) is 15.3. The van der Waals surface area contributed by atoms with Crippen LogP contribution in [0.25, 0.3) is 88.3 Å². The Bertz CT molecular complexity index is 3310. The summed E-state index contributed by atoms with van der Waals surface area (Å²) in [5.74, 6) is 0. The first kappa shape index (κ1) is 35.2. The fourth-order valence-electron chi connectivity index (χ4n) is 8.67. The van der Waals surface area contributed by atoms with E-state index in [1.807, 2.05) is 12.1 Å². The van der Waals surface area contributed by atoms with Crippen molar-refractivity contribution in [1.82, 2.24) is 0 Å². The number of anilines is 3. The number of nitrogens with zero attached hydrogens (tertiary/aromatic N) is 1. The molecule has 1 aromatic heterocycles. The Morgan fingerprint density at radius 3 is 1.60 bits per heavy atom. The van der Waals surface area contributed by atoms with Gasteiger partial charge in [0.1, 0.15) is 11.2 Å². The van der Waals surface area contributed by atoms with Crippen LogP contribution in [0.4, 0.5) is 17.1 Å². The fraction of sp³-hybridized carbons (Fsp3) is 0. The molecule has 0 N–H and O–H groups in total. The molecule has 0 saturated heterocycles. The molecular weight excluding hydrogens is 727 g/mol. The van der Waals surface area contributed by atoms with Crippen molar-refractivity contribution < 1.29 is 4.42 Å². The number of benzene rings is 10. The molecule has 0 saturated carbocycles. The number of furan rings is 1. The molecule has 60 heavy (non-hydrogen) atoms. The van der Waals surface area contributed by atoms with E-state index >= 15 is 0 Å². The highest BCUT2D eigenvalue weighted by atomic mass is 16.3. The quantitative estimate of drug-likeness (QED) is 0.153. The van der Waals surface area contributed by atoms with Gasteiger partial charge in [-0.05, 0) is 109 Å². The van der Waals surface area contributed by atoms with Crippen molar-refractivity contribution in [2.45, 2.75) is 0 Å². The molecule has 0 bridgehead atoms. The van der Waals surface area contributed by atoms with E-state index in [1.54, 1.807) is 0 Å². The molecule has 0 unspecified atom stereocenters. The van der Waals surface area contributed by atoms with Gasteiger partial charge in [-0.1, -0.05) is 182 Å². The van der Waals surface area contributed by atoms with Gasteiger partial charge in [-0.3, -0.25) is 0 Å². The average molecular weight is 766 g/mol. The molecule has 0 radical (unpaired) electrons. The molecule has 0 aliphatic rings. The SMILES string of the molecule is c1ccc(-c2ccccc2-c2ccccc2N(c2ccc(-c3ccc(-c4cccc(-c5ccc6ccccc6c5)c4)cc3)cc2)c2ccc3c(c2)oc2ccccc23)cc1. The summed E-state index contributed by atoms with van der Waals surface area (Å²) in [6, 6.07) is 84.9. The number of para-hydroxylation sites is 2. The maximum atomic E-state index is 6.44. The molecule has 1 heterocycles. The van der Waals surface area contributed by atoms with Gasteiger partial charge in [0.25, 0.3) is 0 Å². The van der Waals surface area contributed by atoms with Crippen LogP contribution in [0.2, 0.25) is 0 Å². The highest BCUT2D eigenvalue weighted by molar-refractivity contribution is 6.06. The molecule has 2 nitrogen and oxygen atoms in total. The zero-order chi connectivity index (χ0) is 39.8. The lowest BCUT2D eigenvalue weighted by Gasteiger charge is -2.28. The molecule has 11 aromatic rings. The second-order valence-corrected chi connectivity index (χ2v) is 15.3. The number of fused-ring (bicyclic) bond motifs is 4. The molecular formula is C58H39NO. The molecule has 0 aliphatic carbocycles. The maximum absolute atomic E-state index is 6.44. The van der Waals surface area contributed by atoms with Crippen LogP contribution in [-0.2, 0) is 0 Å². The Morgan fingerprint density at radius 2 is 0.800 bits per heavy atom. The van der Waals surface area contributed by atoms with Gasteiger partial charge in [0.2, 0.25) is 0 Å². The minimum absolute atomic E-state index is 0.861. The summed E-state index contributed by atoms with van der Waals surface area (Å²) < 4.78 is 6.44. The largest absolute Gasteiger partial charge is 0.456 e. The summed E-state index contributed by atoms with van der Waals surface area (Å²) >= 11 is 0. The van der Waals surface area contributed by atoms with Gasteiger partial charge in [-0.15, -0.1) is 0 Å². The van der Waals surface area contributed by atoms with Crippen molar-refractivity contribution in [2.75, 3.05) is 4.90 Å². The highest BCUT2D eigenvalue weighted by Crippen LogP contribution is 2.45. The second kappa shape index (κ2) is 15.1. The molecule has 2 heteroatoms. The van der Waals surface area contributed by atoms with Crippen LogP contribution in [0, 0.1) is 0 Å². The van der Waals surface area contributed by atoms with Crippen LogP contribution in [0.3, 0.4) is 0 Å². The normalized spacial score (nSPS) is 11.3. The van der Waals surface area contributed by atoms with E-state index in [4.69, 9.17) is 4.42 Å². The van der Waals surface area contributed by atoms with Crippen LogP contribution >= 0.6 is 0 Å². The topological polar surface area (TPSA) is 16.4 Å². The third kappa shape index (κ3) is 6.51. The molecule has 0 aliphatic heterocycles. The molecule has 0 spiro atoms. The number of hydrogen-bond acceptors (Lipinski definition) is 2. The van der Waals surface area contributed by atoms with E-state index < -0.39 is 0 Å². The number of hydrogen-bond donors (Lipinski definition) is 0. The lowest BCUT2D eigenvalue weighted by atomic mass is 9.93. The first-order valence-electron chi connectivity index (χ1n) is 20.5. The standard InChI is InChI=1S/C58H39NO/c1-2-14-44(15-3-1)51-19-6-7-20-52(51)53-21-8-10-23-56(53)59(50-35-36-55-54-22-9-11-24-57(54)60-58(55)39-50)49-33-31-42(32-34-49)41-25-27-43(28-26-41)46-17-12-18-47(37-46)48-30-29-40-13-4-5-16-45(40)38-48/h1-39H. The zero-order valence-corrected chi connectivity index (χ0v) is 32.9.